The molecule has 0 fully saturated rings. The predicted octanol–water partition coefficient (Wildman–Crippen LogP) is 1.56. The highest BCUT2D eigenvalue weighted by atomic mass is 127. The van der Waals surface area contributed by atoms with Crippen LogP contribution in [0.1, 0.15) is 11.1 Å². The maximum Gasteiger partial charge on any atom is 0.293 e. The summed E-state index contributed by atoms with van der Waals surface area (Å²) < 4.78 is 0.579. The van der Waals surface area contributed by atoms with Crippen molar-refractivity contribution >= 4 is 28.3 Å². The molecule has 0 bridgehead atoms. The molecule has 0 saturated carbocycles. The molecule has 1 rings (SSSR count). The van der Waals surface area contributed by atoms with Crippen LogP contribution in [-0.2, 0) is 6.61 Å². The number of nitriles is 1. The highest BCUT2D eigenvalue weighted by Crippen LogP contribution is 2.27. The molecule has 0 amide bonds. The Labute approximate surface area is 93.3 Å². The van der Waals surface area contributed by atoms with Crippen LogP contribution in [0, 0.1) is 25.0 Å². The zero-order valence-electron chi connectivity index (χ0n) is 6.90. The molecule has 0 aliphatic rings. The van der Waals surface area contributed by atoms with Gasteiger partial charge in [-0.05, 0) is 34.7 Å². The Morgan fingerprint density at radius 2 is 2.29 bits per heavy atom. The van der Waals surface area contributed by atoms with Crippen molar-refractivity contribution in [2.24, 2.45) is 0 Å². The Balaban J connectivity index is 3.54. The van der Waals surface area contributed by atoms with E-state index in [0.29, 0.717) is 3.57 Å². The first-order valence-corrected chi connectivity index (χ1v) is 4.66. The molecule has 0 unspecified atom stereocenters. The highest BCUT2D eigenvalue weighted by Gasteiger charge is 2.21. The standard InChI is InChI=1S/C8H5IN2O3/c9-7-2-1-5(3-10)8(11(13)14)6(7)4-12/h1-2,12H,4H2. The Kier molecular flexibility index (Phi) is 3.38. The molecule has 0 saturated heterocycles. The first kappa shape index (κ1) is 10.9. The summed E-state index contributed by atoms with van der Waals surface area (Å²) in [5.41, 5.74) is -0.143. The van der Waals surface area contributed by atoms with Gasteiger partial charge in [0.1, 0.15) is 11.6 Å². The summed E-state index contributed by atoms with van der Waals surface area (Å²) >= 11 is 1.88. The van der Waals surface area contributed by atoms with Crippen molar-refractivity contribution in [2.45, 2.75) is 6.61 Å². The maximum absolute atomic E-state index is 10.7. The summed E-state index contributed by atoms with van der Waals surface area (Å²) in [5.74, 6) is 0. The SMILES string of the molecule is N#Cc1ccc(I)c(CO)c1[N+](=O)[O-]. The van der Waals surface area contributed by atoms with Crippen molar-refractivity contribution in [3.8, 4) is 6.07 Å². The van der Waals surface area contributed by atoms with E-state index in [0.717, 1.165) is 0 Å². The van der Waals surface area contributed by atoms with Crippen LogP contribution < -0.4 is 0 Å². The molecule has 6 heteroatoms. The third-order valence-corrected chi connectivity index (χ3v) is 2.70. The van der Waals surface area contributed by atoms with Gasteiger partial charge in [-0.1, -0.05) is 0 Å². The first-order chi connectivity index (χ1) is 6.61. The summed E-state index contributed by atoms with van der Waals surface area (Å²) in [7, 11) is 0. The van der Waals surface area contributed by atoms with Crippen molar-refractivity contribution in [1.29, 1.82) is 5.26 Å². The monoisotopic (exact) mass is 304 g/mol. The quantitative estimate of drug-likeness (QED) is 0.510. The molecule has 0 spiro atoms. The molecule has 0 aliphatic heterocycles. The first-order valence-electron chi connectivity index (χ1n) is 3.58. The molecule has 1 aromatic rings. The normalized spacial score (nSPS) is 9.50. The lowest BCUT2D eigenvalue weighted by atomic mass is 10.1. The molecule has 0 radical (unpaired) electrons. The number of hydrogen-bond acceptors (Lipinski definition) is 4. The molecule has 72 valence electrons. The minimum atomic E-state index is -0.647. The number of nitro groups is 1. The molecule has 14 heavy (non-hydrogen) atoms. The molecule has 0 aromatic heterocycles. The van der Waals surface area contributed by atoms with Gasteiger partial charge in [-0.25, -0.2) is 0 Å². The number of aliphatic hydroxyl groups is 1. The lowest BCUT2D eigenvalue weighted by molar-refractivity contribution is -0.386. The Morgan fingerprint density at radius 1 is 1.64 bits per heavy atom. The van der Waals surface area contributed by atoms with E-state index in [4.69, 9.17) is 10.4 Å². The molecular formula is C8H5IN2O3. The molecule has 0 aliphatic carbocycles. The number of nitrogens with zero attached hydrogens (tertiary/aromatic N) is 2. The second-order valence-electron chi connectivity index (χ2n) is 2.45. The molecule has 5 nitrogen and oxygen atoms in total. The number of aliphatic hydroxyl groups excluding tert-OH is 1. The van der Waals surface area contributed by atoms with Crippen molar-refractivity contribution in [2.75, 3.05) is 0 Å². The molecule has 0 heterocycles. The minimum absolute atomic E-state index is 0.0283. The fraction of sp³-hybridized carbons (Fsp3) is 0.125. The van der Waals surface area contributed by atoms with Gasteiger partial charge in [0.05, 0.1) is 17.1 Å². The van der Waals surface area contributed by atoms with Gasteiger partial charge in [0.15, 0.2) is 0 Å². The average molecular weight is 304 g/mol. The fourth-order valence-corrected chi connectivity index (χ4v) is 1.67. The number of nitro benzene ring substituents is 1. The molecular weight excluding hydrogens is 299 g/mol. The van der Waals surface area contributed by atoms with Gasteiger partial charge in [0.2, 0.25) is 0 Å². The van der Waals surface area contributed by atoms with Crippen LogP contribution in [0.4, 0.5) is 5.69 Å². The van der Waals surface area contributed by atoms with Gasteiger partial charge in [-0.2, -0.15) is 5.26 Å². The zero-order chi connectivity index (χ0) is 10.7. The zero-order valence-corrected chi connectivity index (χ0v) is 9.06. The van der Waals surface area contributed by atoms with Gasteiger partial charge in [-0.15, -0.1) is 0 Å². The van der Waals surface area contributed by atoms with Crippen LogP contribution in [0.2, 0.25) is 0 Å². The van der Waals surface area contributed by atoms with Gasteiger partial charge in [0, 0.05) is 3.57 Å². The van der Waals surface area contributed by atoms with Crippen molar-refractivity contribution in [1.82, 2.24) is 0 Å². The van der Waals surface area contributed by atoms with E-state index < -0.39 is 11.5 Å². The Morgan fingerprint density at radius 3 is 2.71 bits per heavy atom. The number of rotatable bonds is 2. The van der Waals surface area contributed by atoms with Crippen LogP contribution in [0.5, 0.6) is 0 Å². The number of hydrogen-bond donors (Lipinski definition) is 1. The van der Waals surface area contributed by atoms with E-state index in [2.05, 4.69) is 0 Å². The average Bonchev–Trinajstić information content (AvgIpc) is 2.17. The van der Waals surface area contributed by atoms with Crippen molar-refractivity contribution in [3.63, 3.8) is 0 Å². The minimum Gasteiger partial charge on any atom is -0.391 e. The Bertz CT molecular complexity index is 425. The third-order valence-electron chi connectivity index (χ3n) is 1.69. The van der Waals surface area contributed by atoms with E-state index in [1.165, 1.54) is 6.07 Å². The largest absolute Gasteiger partial charge is 0.391 e. The van der Waals surface area contributed by atoms with E-state index in [9.17, 15) is 10.1 Å². The number of benzene rings is 1. The third kappa shape index (κ3) is 1.83. The summed E-state index contributed by atoms with van der Waals surface area (Å²) in [6.07, 6.45) is 0. The van der Waals surface area contributed by atoms with Gasteiger partial charge in [0.25, 0.3) is 5.69 Å². The second-order valence-corrected chi connectivity index (χ2v) is 3.61. The summed E-state index contributed by atoms with van der Waals surface area (Å²) in [5, 5.41) is 28.2. The topological polar surface area (TPSA) is 87.2 Å². The second kappa shape index (κ2) is 4.34. The molecule has 0 atom stereocenters. The van der Waals surface area contributed by atoms with Gasteiger partial charge >= 0.3 is 0 Å². The van der Waals surface area contributed by atoms with Crippen LogP contribution in [0.3, 0.4) is 0 Å². The lowest BCUT2D eigenvalue weighted by Crippen LogP contribution is -2.01. The van der Waals surface area contributed by atoms with E-state index >= 15 is 0 Å². The van der Waals surface area contributed by atoms with Crippen molar-refractivity contribution in [3.05, 3.63) is 36.9 Å². The maximum atomic E-state index is 10.7. The fourth-order valence-electron chi connectivity index (χ4n) is 1.06. The van der Waals surface area contributed by atoms with Gasteiger partial charge in [-0.3, -0.25) is 10.1 Å². The molecule has 1 N–H and O–H groups in total. The smallest absolute Gasteiger partial charge is 0.293 e. The van der Waals surface area contributed by atoms with Gasteiger partial charge < -0.3 is 5.11 Å². The summed E-state index contributed by atoms with van der Waals surface area (Å²) in [6.45, 7) is -0.440. The highest BCUT2D eigenvalue weighted by molar-refractivity contribution is 14.1. The number of halogens is 1. The Hall–Kier alpha value is -1.20. The van der Waals surface area contributed by atoms with Crippen LogP contribution in [0.15, 0.2) is 12.1 Å². The van der Waals surface area contributed by atoms with E-state index in [1.54, 1.807) is 12.1 Å². The van der Waals surface area contributed by atoms with Crippen LogP contribution >= 0.6 is 22.6 Å². The van der Waals surface area contributed by atoms with Crippen LogP contribution in [0.25, 0.3) is 0 Å². The predicted molar refractivity (Wildman–Crippen MR) is 56.5 cm³/mol. The van der Waals surface area contributed by atoms with Crippen molar-refractivity contribution < 1.29 is 10.0 Å². The summed E-state index contributed by atoms with van der Waals surface area (Å²) in [4.78, 5) is 10.0. The van der Waals surface area contributed by atoms with E-state index in [1.807, 2.05) is 22.6 Å². The van der Waals surface area contributed by atoms with Crippen LogP contribution in [-0.4, -0.2) is 10.0 Å². The lowest BCUT2D eigenvalue weighted by Gasteiger charge is -2.03. The van der Waals surface area contributed by atoms with E-state index in [-0.39, 0.29) is 16.8 Å². The summed E-state index contributed by atoms with van der Waals surface area (Å²) in [6, 6.07) is 4.66. The molecule has 1 aromatic carbocycles.